The minimum absolute atomic E-state index is 0.0723. The van der Waals surface area contributed by atoms with Gasteiger partial charge in [0.15, 0.2) is 6.10 Å². The van der Waals surface area contributed by atoms with Crippen LogP contribution in [0.2, 0.25) is 0 Å². The Balaban J connectivity index is 4.31. The second kappa shape index (κ2) is 60.4. The number of hydrogen-bond acceptors (Lipinski definition) is 6. The first kappa shape index (κ1) is 68.9. The van der Waals surface area contributed by atoms with Crippen molar-refractivity contribution in [1.29, 1.82) is 0 Å². The van der Waals surface area contributed by atoms with Crippen molar-refractivity contribution in [1.82, 2.24) is 0 Å². The predicted octanol–water partition coefficient (Wildman–Crippen LogP) is 21.4. The summed E-state index contributed by atoms with van der Waals surface area (Å²) in [7, 11) is 0. The largest absolute Gasteiger partial charge is 0.462 e. The lowest BCUT2D eigenvalue weighted by molar-refractivity contribution is -0.167. The van der Waals surface area contributed by atoms with Crippen molar-refractivity contribution in [2.45, 2.75) is 361 Å². The summed E-state index contributed by atoms with van der Waals surface area (Å²) in [5, 5.41) is 0. The average Bonchev–Trinajstić information content (AvgIpc) is 3.37. The Morgan fingerprint density at radius 1 is 0.268 bits per heavy atom. The molecule has 0 saturated heterocycles. The summed E-state index contributed by atoms with van der Waals surface area (Å²) in [6.45, 7) is 6.69. The van der Waals surface area contributed by atoms with E-state index in [1.165, 1.54) is 244 Å². The highest BCUT2D eigenvalue weighted by Gasteiger charge is 2.19. The van der Waals surface area contributed by atoms with E-state index in [0.29, 0.717) is 19.3 Å². The van der Waals surface area contributed by atoms with E-state index in [2.05, 4.69) is 45.1 Å². The fourth-order valence-corrected chi connectivity index (χ4v) is 9.61. The molecule has 0 aromatic rings. The van der Waals surface area contributed by atoms with Gasteiger partial charge in [0.1, 0.15) is 13.2 Å². The molecular weight excluding hydrogens is 877 g/mol. The number of esters is 3. The van der Waals surface area contributed by atoms with Crippen LogP contribution in [0.15, 0.2) is 24.3 Å². The molecule has 1 atom stereocenters. The Labute approximate surface area is 443 Å². The molecule has 0 aliphatic rings. The van der Waals surface area contributed by atoms with Gasteiger partial charge in [-0.25, -0.2) is 0 Å². The highest BCUT2D eigenvalue weighted by Crippen LogP contribution is 2.17. The van der Waals surface area contributed by atoms with Crippen molar-refractivity contribution in [3.63, 3.8) is 0 Å². The van der Waals surface area contributed by atoms with Crippen LogP contribution in [0.4, 0.5) is 0 Å². The number of carbonyl (C=O) groups excluding carboxylic acids is 3. The van der Waals surface area contributed by atoms with Crippen LogP contribution in [-0.2, 0) is 28.6 Å². The van der Waals surface area contributed by atoms with Gasteiger partial charge in [-0.2, -0.15) is 0 Å². The molecule has 0 N–H and O–H groups in total. The zero-order valence-electron chi connectivity index (χ0n) is 48.0. The molecule has 0 heterocycles. The van der Waals surface area contributed by atoms with E-state index in [-0.39, 0.29) is 31.1 Å². The topological polar surface area (TPSA) is 78.9 Å². The second-order valence-electron chi connectivity index (χ2n) is 21.7. The van der Waals surface area contributed by atoms with Gasteiger partial charge in [-0.3, -0.25) is 14.4 Å². The maximum atomic E-state index is 12.9. The lowest BCUT2D eigenvalue weighted by Gasteiger charge is -2.18. The van der Waals surface area contributed by atoms with Crippen LogP contribution in [0.5, 0.6) is 0 Å². The third kappa shape index (κ3) is 58.7. The summed E-state index contributed by atoms with van der Waals surface area (Å²) in [5.41, 5.74) is 0. The van der Waals surface area contributed by atoms with Gasteiger partial charge in [-0.05, 0) is 70.6 Å². The Kier molecular flexibility index (Phi) is 58.6. The first-order chi connectivity index (χ1) is 35.0. The van der Waals surface area contributed by atoms with Gasteiger partial charge in [0.2, 0.25) is 0 Å². The van der Waals surface area contributed by atoms with E-state index >= 15 is 0 Å². The van der Waals surface area contributed by atoms with E-state index in [0.717, 1.165) is 70.6 Å². The second-order valence-corrected chi connectivity index (χ2v) is 21.7. The standard InChI is InChI=1S/C65H122O6/c1-4-7-10-13-16-19-22-25-28-31-32-33-34-35-38-40-43-46-49-52-55-58-64(67)70-61-62(71-65(68)59-56-53-50-47-44-41-37-30-27-24-21-18-15-12-9-6-3)60-69-63(66)57-54-51-48-45-42-39-36-29-26-23-20-17-14-11-8-5-2/h29-30,36-37,62H,4-28,31-35,38-61H2,1-3H3/b36-29-,37-30-. The fraction of sp³-hybridized carbons (Fsp3) is 0.892. The molecular formula is C65H122O6. The molecule has 0 bridgehead atoms. The fourth-order valence-electron chi connectivity index (χ4n) is 9.61. The number of unbranched alkanes of at least 4 members (excludes halogenated alkanes) is 44. The van der Waals surface area contributed by atoms with Crippen LogP contribution in [0.1, 0.15) is 355 Å². The molecule has 6 heteroatoms. The maximum Gasteiger partial charge on any atom is 0.306 e. The Morgan fingerprint density at radius 2 is 0.465 bits per heavy atom. The van der Waals surface area contributed by atoms with Gasteiger partial charge in [0.25, 0.3) is 0 Å². The number of rotatable bonds is 59. The lowest BCUT2D eigenvalue weighted by atomic mass is 10.0. The molecule has 0 saturated carbocycles. The van der Waals surface area contributed by atoms with Gasteiger partial charge in [0.05, 0.1) is 0 Å². The third-order valence-electron chi connectivity index (χ3n) is 14.4. The van der Waals surface area contributed by atoms with Crippen LogP contribution in [0.3, 0.4) is 0 Å². The van der Waals surface area contributed by atoms with Crippen molar-refractivity contribution in [2.24, 2.45) is 0 Å². The molecule has 0 aromatic heterocycles. The van der Waals surface area contributed by atoms with Crippen LogP contribution in [0, 0.1) is 0 Å². The summed E-state index contributed by atoms with van der Waals surface area (Å²) < 4.78 is 16.9. The lowest BCUT2D eigenvalue weighted by Crippen LogP contribution is -2.30. The average molecular weight is 1000 g/mol. The van der Waals surface area contributed by atoms with E-state index in [1.54, 1.807) is 0 Å². The van der Waals surface area contributed by atoms with Gasteiger partial charge < -0.3 is 14.2 Å². The molecule has 418 valence electrons. The van der Waals surface area contributed by atoms with Crippen molar-refractivity contribution in [3.05, 3.63) is 24.3 Å². The van der Waals surface area contributed by atoms with Crippen molar-refractivity contribution in [2.75, 3.05) is 13.2 Å². The summed E-state index contributed by atoms with van der Waals surface area (Å²) in [4.78, 5) is 38.3. The molecule has 0 fully saturated rings. The van der Waals surface area contributed by atoms with E-state index in [1.807, 2.05) is 0 Å². The van der Waals surface area contributed by atoms with E-state index in [4.69, 9.17) is 14.2 Å². The van der Waals surface area contributed by atoms with Gasteiger partial charge >= 0.3 is 17.9 Å². The molecule has 0 aliphatic carbocycles. The molecule has 0 aliphatic heterocycles. The summed E-state index contributed by atoms with van der Waals surface area (Å²) in [5.74, 6) is -0.864. The Bertz CT molecular complexity index is 1150. The third-order valence-corrected chi connectivity index (χ3v) is 14.4. The van der Waals surface area contributed by atoms with Crippen LogP contribution in [0.25, 0.3) is 0 Å². The Hall–Kier alpha value is -2.11. The molecule has 1 unspecified atom stereocenters. The first-order valence-corrected chi connectivity index (χ1v) is 31.8. The van der Waals surface area contributed by atoms with Crippen LogP contribution in [-0.4, -0.2) is 37.2 Å². The van der Waals surface area contributed by atoms with E-state index < -0.39 is 6.10 Å². The quantitative estimate of drug-likeness (QED) is 0.0261. The predicted molar refractivity (Wildman–Crippen MR) is 307 cm³/mol. The molecule has 0 amide bonds. The highest BCUT2D eigenvalue weighted by atomic mass is 16.6. The zero-order valence-corrected chi connectivity index (χ0v) is 48.0. The molecule has 0 radical (unpaired) electrons. The van der Waals surface area contributed by atoms with Gasteiger partial charge in [0, 0.05) is 19.3 Å². The SMILES string of the molecule is CCCCCCCCC/C=C\CCCCCCCC(=O)OCC(COC(=O)CCCCCCCCCCCCCCCCCCCCCCC)OC(=O)CCCCCCC/C=C\CCCCCCCCC. The zero-order chi connectivity index (χ0) is 51.4. The Morgan fingerprint density at radius 3 is 0.704 bits per heavy atom. The monoisotopic (exact) mass is 999 g/mol. The summed E-state index contributed by atoms with van der Waals surface area (Å²) in [6, 6.07) is 0. The highest BCUT2D eigenvalue weighted by molar-refractivity contribution is 5.71. The molecule has 0 rings (SSSR count). The maximum absolute atomic E-state index is 12.9. The van der Waals surface area contributed by atoms with Crippen molar-refractivity contribution < 1.29 is 28.6 Å². The van der Waals surface area contributed by atoms with Crippen molar-refractivity contribution in [3.8, 4) is 0 Å². The summed E-state index contributed by atoms with van der Waals surface area (Å²) >= 11 is 0. The molecule has 0 aromatic carbocycles. The van der Waals surface area contributed by atoms with Gasteiger partial charge in [-0.1, -0.05) is 289 Å². The number of ether oxygens (including phenoxy) is 3. The first-order valence-electron chi connectivity index (χ1n) is 31.8. The van der Waals surface area contributed by atoms with Gasteiger partial charge in [-0.15, -0.1) is 0 Å². The van der Waals surface area contributed by atoms with Crippen molar-refractivity contribution >= 4 is 17.9 Å². The summed E-state index contributed by atoms with van der Waals surface area (Å²) in [6.07, 6.45) is 71.8. The number of hydrogen-bond donors (Lipinski definition) is 0. The molecule has 71 heavy (non-hydrogen) atoms. The minimum Gasteiger partial charge on any atom is -0.462 e. The van der Waals surface area contributed by atoms with E-state index in [9.17, 15) is 14.4 Å². The number of carbonyl (C=O) groups is 3. The number of allylic oxidation sites excluding steroid dienone is 4. The van der Waals surface area contributed by atoms with Crippen LogP contribution < -0.4 is 0 Å². The normalized spacial score (nSPS) is 12.1. The van der Waals surface area contributed by atoms with Crippen LogP contribution >= 0.6 is 0 Å². The molecule has 0 spiro atoms. The molecule has 6 nitrogen and oxygen atoms in total. The smallest absolute Gasteiger partial charge is 0.306 e. The minimum atomic E-state index is -0.776.